The Morgan fingerprint density at radius 1 is 0.721 bits per heavy atom. The Balaban J connectivity index is 0.000000176. The average Bonchev–Trinajstić information content (AvgIpc) is 3.80. The van der Waals surface area contributed by atoms with Gasteiger partial charge in [-0.25, -0.2) is 28.1 Å². The first-order valence-corrected chi connectivity index (χ1v) is 18.9. The summed E-state index contributed by atoms with van der Waals surface area (Å²) in [6.07, 6.45) is 5.98. The highest BCUT2D eigenvalue weighted by Crippen LogP contribution is 2.47. The number of halogens is 5. The van der Waals surface area contributed by atoms with Gasteiger partial charge in [0.15, 0.2) is 22.6 Å². The molecule has 15 nitrogen and oxygen atoms in total. The van der Waals surface area contributed by atoms with Gasteiger partial charge in [-0.1, -0.05) is 58.3 Å². The largest absolute Gasteiger partial charge is 0.474 e. The van der Waals surface area contributed by atoms with Crippen LogP contribution in [0.1, 0.15) is 30.9 Å². The van der Waals surface area contributed by atoms with Gasteiger partial charge < -0.3 is 18.5 Å². The summed E-state index contributed by atoms with van der Waals surface area (Å²) in [6, 6.07) is 19.3. The van der Waals surface area contributed by atoms with Crippen LogP contribution in [-0.2, 0) is 22.6 Å². The molecule has 0 N–H and O–H groups in total. The van der Waals surface area contributed by atoms with E-state index in [4.69, 9.17) is 30.1 Å². The minimum atomic E-state index is -0.769. The molecule has 8 aromatic rings. The minimum Gasteiger partial charge on any atom is -0.474 e. The smallest absolute Gasteiger partial charge is 0.315 e. The van der Waals surface area contributed by atoms with Crippen LogP contribution < -0.4 is 4.74 Å². The molecule has 6 aromatic heterocycles. The number of rotatable bonds is 13. The van der Waals surface area contributed by atoms with Crippen molar-refractivity contribution in [3.05, 3.63) is 137 Å². The summed E-state index contributed by atoms with van der Waals surface area (Å²) in [5.41, 5.74) is 2.84. The van der Waals surface area contributed by atoms with Crippen molar-refractivity contribution >= 4 is 17.6 Å². The van der Waals surface area contributed by atoms with Crippen molar-refractivity contribution in [2.75, 3.05) is 13.2 Å². The molecule has 0 saturated heterocycles. The van der Waals surface area contributed by atoms with E-state index < -0.39 is 17.0 Å². The molecule has 1 aliphatic carbocycles. The van der Waals surface area contributed by atoms with Gasteiger partial charge in [-0.3, -0.25) is 14.2 Å². The highest BCUT2D eigenvalue weighted by molar-refractivity contribution is 6.29. The van der Waals surface area contributed by atoms with E-state index in [2.05, 4.69) is 40.4 Å². The summed E-state index contributed by atoms with van der Waals surface area (Å²) >= 11 is 5.72. The first kappa shape index (κ1) is 40.5. The lowest BCUT2D eigenvalue weighted by atomic mass is 10.1. The molecule has 6 heterocycles. The molecule has 0 unspecified atom stereocenters. The number of carbonyl (C=O) groups is 1. The maximum absolute atomic E-state index is 14.4. The van der Waals surface area contributed by atoms with Crippen molar-refractivity contribution in [3.8, 4) is 51.7 Å². The van der Waals surface area contributed by atoms with Gasteiger partial charge in [-0.15, -0.1) is 0 Å². The Hall–Kier alpha value is -7.28. The van der Waals surface area contributed by atoms with Crippen LogP contribution in [0.5, 0.6) is 5.88 Å². The van der Waals surface area contributed by atoms with Crippen molar-refractivity contribution in [2.24, 2.45) is 5.41 Å². The second kappa shape index (κ2) is 17.5. The van der Waals surface area contributed by atoms with Gasteiger partial charge in [0.25, 0.3) is 5.88 Å². The molecule has 0 spiro atoms. The first-order chi connectivity index (χ1) is 29.6. The van der Waals surface area contributed by atoms with Gasteiger partial charge in [0.1, 0.15) is 59.0 Å². The third kappa shape index (κ3) is 9.01. The molecule has 1 fully saturated rings. The summed E-state index contributed by atoms with van der Waals surface area (Å²) in [5.74, 6) is -2.63. The number of benzene rings is 2. The molecule has 20 heteroatoms. The van der Waals surface area contributed by atoms with Crippen LogP contribution in [0, 0.1) is 28.7 Å². The summed E-state index contributed by atoms with van der Waals surface area (Å²) in [6.45, 7) is 2.20. The number of aromatic nitrogens is 10. The molecule has 0 bridgehead atoms. The maximum atomic E-state index is 14.4. The lowest BCUT2D eigenvalue weighted by molar-refractivity contribution is -0.151. The Bertz CT molecular complexity index is 2800. The summed E-state index contributed by atoms with van der Waals surface area (Å²) in [4.78, 5) is 28.2. The van der Waals surface area contributed by atoms with Gasteiger partial charge in [-0.2, -0.15) is 19.6 Å². The molecule has 2 aromatic carbocycles. The second-order valence-corrected chi connectivity index (χ2v) is 13.9. The van der Waals surface area contributed by atoms with Crippen molar-refractivity contribution in [3.63, 3.8) is 0 Å². The topological polar surface area (TPSA) is 175 Å². The monoisotopic (exact) mass is 854 g/mol. The van der Waals surface area contributed by atoms with E-state index in [9.17, 15) is 22.4 Å². The highest BCUT2D eigenvalue weighted by Gasteiger charge is 2.52. The fourth-order valence-electron chi connectivity index (χ4n) is 6.07. The molecule has 1 aliphatic rings. The number of nitrogens with zero attached hydrogens (tertiary/aromatic N) is 10. The van der Waals surface area contributed by atoms with Crippen molar-refractivity contribution in [1.82, 2.24) is 49.8 Å². The number of esters is 1. The van der Waals surface area contributed by atoms with E-state index in [1.807, 2.05) is 0 Å². The van der Waals surface area contributed by atoms with Crippen molar-refractivity contribution in [2.45, 2.75) is 32.9 Å². The zero-order valence-corrected chi connectivity index (χ0v) is 32.6. The summed E-state index contributed by atoms with van der Waals surface area (Å²) in [7, 11) is 0. The molecule has 0 atom stereocenters. The number of ether oxygens (including phenoxy) is 2. The Labute approximate surface area is 347 Å². The lowest BCUT2D eigenvalue weighted by Crippen LogP contribution is -2.26. The van der Waals surface area contributed by atoms with Gasteiger partial charge in [-0.05, 0) is 44.0 Å². The summed E-state index contributed by atoms with van der Waals surface area (Å²) < 4.78 is 79.6. The fourth-order valence-corrected chi connectivity index (χ4v) is 6.19. The Morgan fingerprint density at radius 3 is 1.72 bits per heavy atom. The zero-order valence-electron chi connectivity index (χ0n) is 31.9. The van der Waals surface area contributed by atoms with Crippen molar-refractivity contribution < 1.29 is 40.9 Å². The second-order valence-electron chi connectivity index (χ2n) is 13.6. The zero-order chi connectivity index (χ0) is 42.5. The Morgan fingerprint density at radius 2 is 1.25 bits per heavy atom. The number of carbonyl (C=O) groups excluding carboxylic acids is 1. The van der Waals surface area contributed by atoms with Gasteiger partial charge in [0, 0.05) is 23.3 Å². The molecule has 0 aliphatic heterocycles. The predicted molar refractivity (Wildman–Crippen MR) is 207 cm³/mol. The fraction of sp³-hybridized carbons (Fsp3) is 0.195. The number of hydrogen-bond acceptors (Lipinski definition) is 13. The number of hydrogen-bond donors (Lipinski definition) is 0. The van der Waals surface area contributed by atoms with Crippen LogP contribution >= 0.6 is 11.6 Å². The van der Waals surface area contributed by atoms with E-state index >= 15 is 0 Å². The van der Waals surface area contributed by atoms with Gasteiger partial charge in [0.2, 0.25) is 5.82 Å². The van der Waals surface area contributed by atoms with E-state index in [0.717, 1.165) is 12.4 Å². The molecule has 61 heavy (non-hydrogen) atoms. The predicted octanol–water partition coefficient (Wildman–Crippen LogP) is 8.02. The van der Waals surface area contributed by atoms with Crippen LogP contribution in [0.2, 0.25) is 5.15 Å². The highest BCUT2D eigenvalue weighted by atomic mass is 35.5. The Kier molecular flexibility index (Phi) is 11.6. The van der Waals surface area contributed by atoms with Crippen LogP contribution in [-0.4, -0.2) is 69.0 Å². The molecule has 0 amide bonds. The molecular weight excluding hydrogens is 824 g/mol. The first-order valence-electron chi connectivity index (χ1n) is 18.6. The van der Waals surface area contributed by atoms with Crippen LogP contribution in [0.4, 0.5) is 17.6 Å². The third-order valence-electron chi connectivity index (χ3n) is 9.43. The van der Waals surface area contributed by atoms with E-state index in [1.165, 1.54) is 24.7 Å². The van der Waals surface area contributed by atoms with Gasteiger partial charge in [0.05, 0.1) is 43.5 Å². The van der Waals surface area contributed by atoms with Crippen molar-refractivity contribution in [1.29, 1.82) is 0 Å². The standard InChI is InChI=1S/C24H21F2N5O4.C17H10ClF2N5O/c1-2-33-23(32)24(8-9-24)14-34-22-17(26)12-27-21(28-22)19-11-20(18-7-10-35-30-18)31(29-19)13-15-5-3-4-6-16(15)25;18-16-12(20)8-21-17(22-16)14-7-15(13-5-6-26-24-13)25(23-14)9-10-3-1-2-4-11(10)19/h3-7,10-12H,2,8-9,13-14H2,1H3;1-8H,9H2. The quantitative estimate of drug-likeness (QED) is 0.0620. The normalized spacial score (nSPS) is 12.8. The minimum absolute atomic E-state index is 0.0505. The van der Waals surface area contributed by atoms with E-state index in [1.54, 1.807) is 77.0 Å². The summed E-state index contributed by atoms with van der Waals surface area (Å²) in [5, 5.41) is 16.4. The maximum Gasteiger partial charge on any atom is 0.315 e. The van der Waals surface area contributed by atoms with Gasteiger partial charge >= 0.3 is 5.97 Å². The molecule has 9 rings (SSSR count). The molecule has 1 saturated carbocycles. The van der Waals surface area contributed by atoms with E-state index in [0.29, 0.717) is 58.1 Å². The van der Waals surface area contributed by atoms with Crippen LogP contribution in [0.25, 0.3) is 45.8 Å². The average molecular weight is 855 g/mol. The SMILES string of the molecule is CCOC(=O)C1(COc2nc(-c3cc(-c4ccon4)n(Cc4ccccc4F)n3)ncc2F)CC1.Fc1ccccc1Cn1nc(-c2ncc(F)c(Cl)n2)cc1-c1ccon1. The van der Waals surface area contributed by atoms with E-state index in [-0.39, 0.29) is 66.6 Å². The molecule has 310 valence electrons. The third-order valence-corrected chi connectivity index (χ3v) is 9.70. The van der Waals surface area contributed by atoms with Crippen LogP contribution in [0.3, 0.4) is 0 Å². The molecule has 0 radical (unpaired) electrons. The molecular formula is C41H31ClF4N10O5. The van der Waals surface area contributed by atoms with Crippen LogP contribution in [0.15, 0.2) is 107 Å². The lowest BCUT2D eigenvalue weighted by Gasteiger charge is -2.14.